The van der Waals surface area contributed by atoms with E-state index in [0.717, 1.165) is 24.3 Å². The van der Waals surface area contributed by atoms with Gasteiger partial charge in [-0.2, -0.15) is 10.4 Å². The summed E-state index contributed by atoms with van der Waals surface area (Å²) in [4.78, 5) is 12.3. The van der Waals surface area contributed by atoms with Crippen molar-refractivity contribution in [3.63, 3.8) is 0 Å². The number of amides is 1. The van der Waals surface area contributed by atoms with Crippen LogP contribution >= 0.6 is 0 Å². The van der Waals surface area contributed by atoms with Crippen LogP contribution in [0.2, 0.25) is 0 Å². The number of hydrogen-bond donors (Lipinski definition) is 2. The van der Waals surface area contributed by atoms with Crippen LogP contribution < -0.4 is 5.32 Å². The third-order valence-corrected chi connectivity index (χ3v) is 3.79. The van der Waals surface area contributed by atoms with Crippen LogP contribution in [0.15, 0.2) is 30.5 Å². The fourth-order valence-electron chi connectivity index (χ4n) is 2.53. The van der Waals surface area contributed by atoms with Gasteiger partial charge in [0.25, 0.3) is 5.91 Å². The number of aromatic nitrogens is 2. The molecule has 0 radical (unpaired) electrons. The van der Waals surface area contributed by atoms with Gasteiger partial charge in [-0.05, 0) is 24.1 Å². The fourth-order valence-corrected chi connectivity index (χ4v) is 2.53. The van der Waals surface area contributed by atoms with Crippen LogP contribution in [0.3, 0.4) is 0 Å². The molecule has 1 aliphatic rings. The summed E-state index contributed by atoms with van der Waals surface area (Å²) in [5, 5.41) is 18.5. The Bertz CT molecular complexity index is 694. The van der Waals surface area contributed by atoms with Crippen LogP contribution in [-0.2, 0) is 11.3 Å². The lowest BCUT2D eigenvalue weighted by molar-refractivity contribution is 0.0949. The molecule has 1 amide bonds. The van der Waals surface area contributed by atoms with Crippen molar-refractivity contribution in [2.75, 3.05) is 13.2 Å². The molecule has 1 unspecified atom stereocenters. The maximum atomic E-state index is 12.3. The van der Waals surface area contributed by atoms with Crippen LogP contribution in [0.1, 0.15) is 39.5 Å². The molecule has 22 heavy (non-hydrogen) atoms. The molecule has 0 saturated carbocycles. The standard InChI is InChI=1S/C16H16N4O2/c17-7-11-1-3-12(4-2-11)8-18-16(21)14-9-19-20-15(14)13-5-6-22-10-13/h1-4,9,13H,5-6,8,10H2,(H,18,21)(H,19,20). The van der Waals surface area contributed by atoms with Crippen molar-refractivity contribution in [2.45, 2.75) is 18.9 Å². The molecule has 1 aromatic heterocycles. The highest BCUT2D eigenvalue weighted by molar-refractivity contribution is 5.95. The van der Waals surface area contributed by atoms with E-state index in [1.165, 1.54) is 0 Å². The molecule has 1 aliphatic heterocycles. The minimum Gasteiger partial charge on any atom is -0.381 e. The molecule has 1 atom stereocenters. The van der Waals surface area contributed by atoms with Crippen molar-refractivity contribution in [1.82, 2.24) is 15.5 Å². The maximum Gasteiger partial charge on any atom is 0.255 e. The lowest BCUT2D eigenvalue weighted by Gasteiger charge is -2.09. The lowest BCUT2D eigenvalue weighted by atomic mass is 10.0. The summed E-state index contributed by atoms with van der Waals surface area (Å²) in [6.45, 7) is 1.75. The van der Waals surface area contributed by atoms with Crippen molar-refractivity contribution in [3.05, 3.63) is 52.8 Å². The molecule has 1 aromatic carbocycles. The molecular weight excluding hydrogens is 280 g/mol. The summed E-state index contributed by atoms with van der Waals surface area (Å²) in [7, 11) is 0. The average molecular weight is 296 g/mol. The van der Waals surface area contributed by atoms with E-state index in [1.54, 1.807) is 18.3 Å². The highest BCUT2D eigenvalue weighted by atomic mass is 16.5. The first-order chi connectivity index (χ1) is 10.8. The Morgan fingerprint density at radius 2 is 2.27 bits per heavy atom. The van der Waals surface area contributed by atoms with E-state index in [-0.39, 0.29) is 11.8 Å². The average Bonchev–Trinajstić information content (AvgIpc) is 3.23. The van der Waals surface area contributed by atoms with Crippen LogP contribution in [-0.4, -0.2) is 29.3 Å². The number of nitrogens with zero attached hydrogens (tertiary/aromatic N) is 2. The van der Waals surface area contributed by atoms with Crippen molar-refractivity contribution in [1.29, 1.82) is 5.26 Å². The largest absolute Gasteiger partial charge is 0.381 e. The smallest absolute Gasteiger partial charge is 0.255 e. The lowest BCUT2D eigenvalue weighted by Crippen LogP contribution is -2.24. The molecule has 1 saturated heterocycles. The number of rotatable bonds is 4. The van der Waals surface area contributed by atoms with Crippen molar-refractivity contribution in [3.8, 4) is 6.07 Å². The Balaban J connectivity index is 1.64. The minimum atomic E-state index is -0.153. The summed E-state index contributed by atoms with van der Waals surface area (Å²) in [5.41, 5.74) is 2.97. The molecule has 6 nitrogen and oxygen atoms in total. The van der Waals surface area contributed by atoms with Crippen LogP contribution in [0.5, 0.6) is 0 Å². The van der Waals surface area contributed by atoms with Gasteiger partial charge in [-0.15, -0.1) is 0 Å². The Kier molecular flexibility index (Phi) is 4.17. The second-order valence-electron chi connectivity index (χ2n) is 5.25. The molecule has 6 heteroatoms. The van der Waals surface area contributed by atoms with E-state index in [9.17, 15) is 4.79 Å². The molecule has 2 aromatic rings. The molecule has 0 spiro atoms. The van der Waals surface area contributed by atoms with Gasteiger partial charge in [0.1, 0.15) is 0 Å². The van der Waals surface area contributed by atoms with E-state index in [4.69, 9.17) is 10.00 Å². The number of benzene rings is 1. The third kappa shape index (κ3) is 3.00. The Morgan fingerprint density at radius 1 is 1.45 bits per heavy atom. The number of aromatic amines is 1. The molecule has 2 N–H and O–H groups in total. The van der Waals surface area contributed by atoms with Gasteiger partial charge in [0.2, 0.25) is 0 Å². The number of ether oxygens (including phenoxy) is 1. The van der Waals surface area contributed by atoms with Crippen LogP contribution in [0, 0.1) is 11.3 Å². The van der Waals surface area contributed by atoms with Gasteiger partial charge >= 0.3 is 0 Å². The zero-order valence-electron chi connectivity index (χ0n) is 12.0. The minimum absolute atomic E-state index is 0.153. The summed E-state index contributed by atoms with van der Waals surface area (Å²) >= 11 is 0. The predicted octanol–water partition coefficient (Wildman–Crippen LogP) is 1.72. The van der Waals surface area contributed by atoms with E-state index < -0.39 is 0 Å². The zero-order valence-corrected chi connectivity index (χ0v) is 12.0. The number of nitriles is 1. The molecule has 0 bridgehead atoms. The predicted molar refractivity (Wildman–Crippen MR) is 79.1 cm³/mol. The molecule has 1 fully saturated rings. The number of H-pyrrole nitrogens is 1. The highest BCUT2D eigenvalue weighted by Crippen LogP contribution is 2.26. The maximum absolute atomic E-state index is 12.3. The van der Waals surface area contributed by atoms with Gasteiger partial charge in [-0.25, -0.2) is 0 Å². The molecular formula is C16H16N4O2. The second-order valence-corrected chi connectivity index (χ2v) is 5.25. The number of nitrogens with one attached hydrogen (secondary N) is 2. The normalized spacial score (nSPS) is 17.1. The molecule has 3 rings (SSSR count). The van der Waals surface area contributed by atoms with Crippen LogP contribution in [0.4, 0.5) is 0 Å². The monoisotopic (exact) mass is 296 g/mol. The third-order valence-electron chi connectivity index (χ3n) is 3.79. The van der Waals surface area contributed by atoms with Crippen molar-refractivity contribution in [2.24, 2.45) is 0 Å². The highest BCUT2D eigenvalue weighted by Gasteiger charge is 2.25. The summed E-state index contributed by atoms with van der Waals surface area (Å²) in [6.07, 6.45) is 2.46. The van der Waals surface area contributed by atoms with Crippen LogP contribution in [0.25, 0.3) is 0 Å². The SMILES string of the molecule is N#Cc1ccc(CNC(=O)c2cn[nH]c2C2CCOC2)cc1. The number of carbonyl (C=O) groups is 1. The van der Waals surface area contributed by atoms with Gasteiger partial charge in [0.05, 0.1) is 35.7 Å². The Morgan fingerprint density at radius 3 is 2.95 bits per heavy atom. The van der Waals surface area contributed by atoms with Gasteiger partial charge < -0.3 is 10.1 Å². The first-order valence-corrected chi connectivity index (χ1v) is 7.16. The quantitative estimate of drug-likeness (QED) is 0.898. The Hall–Kier alpha value is -2.65. The van der Waals surface area contributed by atoms with Gasteiger partial charge in [0, 0.05) is 19.1 Å². The second kappa shape index (κ2) is 6.41. The van der Waals surface area contributed by atoms with Crippen molar-refractivity contribution >= 4 is 5.91 Å². The van der Waals surface area contributed by atoms with E-state index in [0.29, 0.717) is 24.3 Å². The first kappa shape index (κ1) is 14.3. The Labute approximate surface area is 128 Å². The van der Waals surface area contributed by atoms with E-state index >= 15 is 0 Å². The van der Waals surface area contributed by atoms with E-state index in [1.807, 2.05) is 12.1 Å². The summed E-state index contributed by atoms with van der Waals surface area (Å²) in [5.74, 6) is 0.0539. The van der Waals surface area contributed by atoms with Crippen molar-refractivity contribution < 1.29 is 9.53 Å². The zero-order chi connectivity index (χ0) is 15.4. The first-order valence-electron chi connectivity index (χ1n) is 7.16. The van der Waals surface area contributed by atoms with Gasteiger partial charge in [0.15, 0.2) is 0 Å². The number of hydrogen-bond acceptors (Lipinski definition) is 4. The topological polar surface area (TPSA) is 90.8 Å². The molecule has 112 valence electrons. The van der Waals surface area contributed by atoms with Gasteiger partial charge in [-0.3, -0.25) is 9.89 Å². The van der Waals surface area contributed by atoms with E-state index in [2.05, 4.69) is 21.6 Å². The number of carbonyl (C=O) groups excluding carboxylic acids is 1. The fraction of sp³-hybridized carbons (Fsp3) is 0.312. The molecule has 0 aliphatic carbocycles. The summed E-state index contributed by atoms with van der Waals surface area (Å²) in [6, 6.07) is 9.21. The molecule has 2 heterocycles. The van der Waals surface area contributed by atoms with Gasteiger partial charge in [-0.1, -0.05) is 12.1 Å². The summed E-state index contributed by atoms with van der Waals surface area (Å²) < 4.78 is 5.36.